The standard InChI is InChI=1S/C18H20N4O4S/c19-17(25)14-5-1-2-7-22(14)15(23)10-26-16(24)8-13-11-27-18(21-13)12-4-3-6-20-9-12/h3-4,6,9,11,14H,1-2,5,7-8,10H2,(H2,19,25)/t14-/m0/s1. The van der Waals surface area contributed by atoms with Crippen LogP contribution in [0.15, 0.2) is 29.9 Å². The molecular weight excluding hydrogens is 368 g/mol. The number of likely N-dealkylation sites (tertiary alicyclic amines) is 1. The second-order valence-corrected chi connectivity index (χ2v) is 7.08. The fraction of sp³-hybridized carbons (Fsp3) is 0.389. The van der Waals surface area contributed by atoms with Gasteiger partial charge in [-0.05, 0) is 31.4 Å². The van der Waals surface area contributed by atoms with Crippen molar-refractivity contribution in [3.05, 3.63) is 35.6 Å². The Morgan fingerprint density at radius 1 is 1.33 bits per heavy atom. The highest BCUT2D eigenvalue weighted by Gasteiger charge is 2.31. The molecule has 2 amide bonds. The maximum absolute atomic E-state index is 12.3. The van der Waals surface area contributed by atoms with Crippen molar-refractivity contribution in [2.45, 2.75) is 31.7 Å². The summed E-state index contributed by atoms with van der Waals surface area (Å²) in [4.78, 5) is 45.6. The smallest absolute Gasteiger partial charge is 0.312 e. The summed E-state index contributed by atoms with van der Waals surface area (Å²) in [5.74, 6) is -1.47. The Morgan fingerprint density at radius 2 is 2.19 bits per heavy atom. The van der Waals surface area contributed by atoms with E-state index in [2.05, 4.69) is 9.97 Å². The zero-order valence-electron chi connectivity index (χ0n) is 14.7. The normalized spacial score (nSPS) is 16.7. The zero-order valence-corrected chi connectivity index (χ0v) is 15.5. The lowest BCUT2D eigenvalue weighted by atomic mass is 10.0. The number of aromatic nitrogens is 2. The van der Waals surface area contributed by atoms with Crippen LogP contribution in [0.25, 0.3) is 10.6 Å². The molecule has 0 unspecified atom stereocenters. The van der Waals surface area contributed by atoms with E-state index in [0.29, 0.717) is 18.7 Å². The van der Waals surface area contributed by atoms with E-state index < -0.39 is 30.4 Å². The zero-order chi connectivity index (χ0) is 19.2. The molecule has 2 aromatic rings. The molecule has 142 valence electrons. The van der Waals surface area contributed by atoms with Crippen LogP contribution in [-0.2, 0) is 25.5 Å². The molecule has 1 saturated heterocycles. The number of esters is 1. The predicted molar refractivity (Wildman–Crippen MR) is 98.6 cm³/mol. The molecule has 0 aliphatic carbocycles. The Morgan fingerprint density at radius 3 is 2.93 bits per heavy atom. The topological polar surface area (TPSA) is 115 Å². The molecule has 9 heteroatoms. The summed E-state index contributed by atoms with van der Waals surface area (Å²) in [5, 5.41) is 2.54. The molecule has 8 nitrogen and oxygen atoms in total. The van der Waals surface area contributed by atoms with Crippen molar-refractivity contribution in [1.29, 1.82) is 0 Å². The van der Waals surface area contributed by atoms with Crippen molar-refractivity contribution >= 4 is 29.1 Å². The minimum absolute atomic E-state index is 0.0245. The molecule has 3 rings (SSSR count). The Bertz CT molecular complexity index is 824. The van der Waals surface area contributed by atoms with Gasteiger partial charge < -0.3 is 15.4 Å². The number of primary amides is 1. The first kappa shape index (κ1) is 19.0. The van der Waals surface area contributed by atoms with Gasteiger partial charge in [0.1, 0.15) is 11.0 Å². The van der Waals surface area contributed by atoms with E-state index in [0.717, 1.165) is 23.4 Å². The number of amides is 2. The predicted octanol–water partition coefficient (Wildman–Crippen LogP) is 1.16. The average molecular weight is 388 g/mol. The first-order valence-electron chi connectivity index (χ1n) is 8.64. The monoisotopic (exact) mass is 388 g/mol. The van der Waals surface area contributed by atoms with E-state index >= 15 is 0 Å². The van der Waals surface area contributed by atoms with E-state index in [1.165, 1.54) is 16.2 Å². The average Bonchev–Trinajstić information content (AvgIpc) is 3.15. The third-order valence-corrected chi connectivity index (χ3v) is 5.23. The maximum atomic E-state index is 12.3. The van der Waals surface area contributed by atoms with Crippen LogP contribution in [0.1, 0.15) is 25.0 Å². The molecule has 27 heavy (non-hydrogen) atoms. The minimum Gasteiger partial charge on any atom is -0.455 e. The summed E-state index contributed by atoms with van der Waals surface area (Å²) >= 11 is 1.41. The van der Waals surface area contributed by atoms with Crippen molar-refractivity contribution < 1.29 is 19.1 Å². The molecule has 1 aliphatic heterocycles. The molecule has 0 aromatic carbocycles. The lowest BCUT2D eigenvalue weighted by molar-refractivity contribution is -0.154. The molecule has 3 heterocycles. The summed E-state index contributed by atoms with van der Waals surface area (Å²) in [6, 6.07) is 3.09. The third-order valence-electron chi connectivity index (χ3n) is 4.29. The first-order valence-corrected chi connectivity index (χ1v) is 9.52. The number of ether oxygens (including phenoxy) is 1. The van der Waals surface area contributed by atoms with Gasteiger partial charge in [-0.15, -0.1) is 11.3 Å². The van der Waals surface area contributed by atoms with Crippen LogP contribution in [0.3, 0.4) is 0 Å². The lowest BCUT2D eigenvalue weighted by Gasteiger charge is -2.33. The van der Waals surface area contributed by atoms with Gasteiger partial charge in [0, 0.05) is 29.9 Å². The van der Waals surface area contributed by atoms with E-state index in [9.17, 15) is 14.4 Å². The fourth-order valence-electron chi connectivity index (χ4n) is 2.96. The van der Waals surface area contributed by atoms with E-state index in [1.807, 2.05) is 12.1 Å². The fourth-order valence-corrected chi connectivity index (χ4v) is 3.77. The number of pyridine rings is 1. The summed E-state index contributed by atoms with van der Waals surface area (Å²) in [7, 11) is 0. The number of hydrogen-bond acceptors (Lipinski definition) is 7. The number of piperidine rings is 1. The first-order chi connectivity index (χ1) is 13.0. The molecule has 2 aromatic heterocycles. The highest BCUT2D eigenvalue weighted by atomic mass is 32.1. The van der Waals surface area contributed by atoms with Crippen LogP contribution in [0.5, 0.6) is 0 Å². The Balaban J connectivity index is 1.52. The second-order valence-electron chi connectivity index (χ2n) is 6.22. The van der Waals surface area contributed by atoms with Gasteiger partial charge in [0.15, 0.2) is 6.61 Å². The SMILES string of the molecule is NC(=O)[C@@H]1CCCCN1C(=O)COC(=O)Cc1csc(-c2cccnc2)n1. The molecular formula is C18H20N4O4S. The van der Waals surface area contributed by atoms with Gasteiger partial charge in [0.2, 0.25) is 5.91 Å². The highest BCUT2D eigenvalue weighted by molar-refractivity contribution is 7.13. The quantitative estimate of drug-likeness (QED) is 0.743. The van der Waals surface area contributed by atoms with E-state index in [4.69, 9.17) is 10.5 Å². The second kappa shape index (κ2) is 8.72. The molecule has 1 atom stereocenters. The summed E-state index contributed by atoms with van der Waals surface area (Å²) in [5.41, 5.74) is 6.80. The summed E-state index contributed by atoms with van der Waals surface area (Å²) in [6.45, 7) is 0.0484. The van der Waals surface area contributed by atoms with Crippen molar-refractivity contribution in [2.75, 3.05) is 13.2 Å². The summed E-state index contributed by atoms with van der Waals surface area (Å²) < 4.78 is 5.07. The lowest BCUT2D eigenvalue weighted by Crippen LogP contribution is -2.51. The number of hydrogen-bond donors (Lipinski definition) is 1. The molecule has 1 aliphatic rings. The molecule has 0 radical (unpaired) electrons. The van der Waals surface area contributed by atoms with Crippen LogP contribution in [-0.4, -0.2) is 51.8 Å². The van der Waals surface area contributed by atoms with E-state index in [1.54, 1.807) is 17.8 Å². The van der Waals surface area contributed by atoms with Gasteiger partial charge in [-0.3, -0.25) is 19.4 Å². The van der Waals surface area contributed by atoms with Crippen LogP contribution >= 0.6 is 11.3 Å². The van der Waals surface area contributed by atoms with Gasteiger partial charge in [0.05, 0.1) is 12.1 Å². The summed E-state index contributed by atoms with van der Waals surface area (Å²) in [6.07, 6.45) is 5.55. The van der Waals surface area contributed by atoms with E-state index in [-0.39, 0.29) is 6.42 Å². The van der Waals surface area contributed by atoms with Gasteiger partial charge in [-0.1, -0.05) is 0 Å². The van der Waals surface area contributed by atoms with Crippen molar-refractivity contribution in [3.63, 3.8) is 0 Å². The number of carbonyl (C=O) groups excluding carboxylic acids is 3. The maximum Gasteiger partial charge on any atom is 0.312 e. The number of thiazole rings is 1. The van der Waals surface area contributed by atoms with Crippen molar-refractivity contribution in [1.82, 2.24) is 14.9 Å². The van der Waals surface area contributed by atoms with Crippen LogP contribution in [0.4, 0.5) is 0 Å². The van der Waals surface area contributed by atoms with Gasteiger partial charge in [-0.25, -0.2) is 4.98 Å². The molecule has 0 spiro atoms. The number of nitrogens with zero attached hydrogens (tertiary/aromatic N) is 3. The van der Waals surface area contributed by atoms with Crippen LogP contribution < -0.4 is 5.73 Å². The number of carbonyl (C=O) groups is 3. The third kappa shape index (κ3) is 4.88. The highest BCUT2D eigenvalue weighted by Crippen LogP contribution is 2.23. The minimum atomic E-state index is -0.620. The number of rotatable bonds is 6. The Hall–Kier alpha value is -2.81. The van der Waals surface area contributed by atoms with Crippen LogP contribution in [0.2, 0.25) is 0 Å². The van der Waals surface area contributed by atoms with Gasteiger partial charge in [-0.2, -0.15) is 0 Å². The molecule has 0 bridgehead atoms. The largest absolute Gasteiger partial charge is 0.455 e. The van der Waals surface area contributed by atoms with Gasteiger partial charge >= 0.3 is 5.97 Å². The number of nitrogens with two attached hydrogens (primary N) is 1. The van der Waals surface area contributed by atoms with Crippen LogP contribution in [0, 0.1) is 0 Å². The molecule has 1 fully saturated rings. The molecule has 0 saturated carbocycles. The Labute approximate surface area is 160 Å². The van der Waals surface area contributed by atoms with Crippen molar-refractivity contribution in [3.8, 4) is 10.6 Å². The Kier molecular flexibility index (Phi) is 6.12. The molecule has 2 N–H and O–H groups in total. The van der Waals surface area contributed by atoms with Crippen molar-refractivity contribution in [2.24, 2.45) is 5.73 Å². The van der Waals surface area contributed by atoms with Gasteiger partial charge in [0.25, 0.3) is 5.91 Å².